The van der Waals surface area contributed by atoms with Gasteiger partial charge in [0.1, 0.15) is 11.6 Å². The summed E-state index contributed by atoms with van der Waals surface area (Å²) in [6, 6.07) is 2.61. The fraction of sp³-hybridized carbons (Fsp3) is 0.556. The van der Waals surface area contributed by atoms with Crippen molar-refractivity contribution >= 4 is 21.8 Å². The molecule has 1 aromatic rings. The number of carbonyl (C=O) groups is 2. The van der Waals surface area contributed by atoms with Crippen LogP contribution in [-0.4, -0.2) is 68.4 Å². The van der Waals surface area contributed by atoms with Crippen LogP contribution in [-0.2, 0) is 14.8 Å². The Morgan fingerprint density at radius 1 is 1.25 bits per heavy atom. The standard InChI is InChI=1S/C18H25F2N3O4S/c1-22(28(2,26)27)14-7-10-23(11-8-14)17(24)4-3-9-21-18(25)15-6-5-13(19)12-16(15)20/h5-6,12,14H,3-4,7-11H2,1-2H3,(H,21,25). The lowest BCUT2D eigenvalue weighted by atomic mass is 10.0. The first kappa shape index (κ1) is 22.2. The summed E-state index contributed by atoms with van der Waals surface area (Å²) in [5.41, 5.74) is -0.246. The molecule has 1 aliphatic rings. The van der Waals surface area contributed by atoms with E-state index in [1.54, 1.807) is 11.9 Å². The number of carbonyl (C=O) groups excluding carboxylic acids is 2. The number of piperidine rings is 1. The summed E-state index contributed by atoms with van der Waals surface area (Å²) >= 11 is 0. The number of nitrogens with zero attached hydrogens (tertiary/aromatic N) is 2. The molecule has 1 saturated heterocycles. The molecule has 0 aromatic heterocycles. The Morgan fingerprint density at radius 2 is 1.89 bits per heavy atom. The zero-order chi connectivity index (χ0) is 20.9. The van der Waals surface area contributed by atoms with Gasteiger partial charge in [0.2, 0.25) is 15.9 Å². The van der Waals surface area contributed by atoms with Crippen molar-refractivity contribution in [1.29, 1.82) is 0 Å². The molecule has 2 amide bonds. The minimum Gasteiger partial charge on any atom is -0.352 e. The molecular weight excluding hydrogens is 392 g/mol. The molecular formula is C18H25F2N3O4S. The van der Waals surface area contributed by atoms with Crippen molar-refractivity contribution in [2.24, 2.45) is 0 Å². The smallest absolute Gasteiger partial charge is 0.254 e. The number of halogens is 2. The molecule has 1 fully saturated rings. The van der Waals surface area contributed by atoms with Gasteiger partial charge in [0.15, 0.2) is 0 Å². The molecule has 1 N–H and O–H groups in total. The highest BCUT2D eigenvalue weighted by Gasteiger charge is 2.28. The van der Waals surface area contributed by atoms with Crippen LogP contribution < -0.4 is 5.32 Å². The van der Waals surface area contributed by atoms with E-state index in [9.17, 15) is 26.8 Å². The molecule has 10 heteroatoms. The molecule has 156 valence electrons. The molecule has 0 atom stereocenters. The summed E-state index contributed by atoms with van der Waals surface area (Å²) in [7, 11) is -1.71. The van der Waals surface area contributed by atoms with Gasteiger partial charge >= 0.3 is 0 Å². The molecule has 1 aromatic carbocycles. The van der Waals surface area contributed by atoms with Crippen LogP contribution in [0.25, 0.3) is 0 Å². The topological polar surface area (TPSA) is 86.8 Å². The highest BCUT2D eigenvalue weighted by atomic mass is 32.2. The summed E-state index contributed by atoms with van der Waals surface area (Å²) < 4.78 is 50.9. The maximum Gasteiger partial charge on any atom is 0.254 e. The zero-order valence-electron chi connectivity index (χ0n) is 16.0. The Kier molecular flexibility index (Phi) is 7.48. The van der Waals surface area contributed by atoms with Crippen LogP contribution in [0.1, 0.15) is 36.0 Å². The fourth-order valence-corrected chi connectivity index (χ4v) is 3.87. The van der Waals surface area contributed by atoms with Crippen molar-refractivity contribution in [2.75, 3.05) is 32.9 Å². The van der Waals surface area contributed by atoms with E-state index in [1.807, 2.05) is 0 Å². The fourth-order valence-electron chi connectivity index (χ4n) is 3.12. The van der Waals surface area contributed by atoms with E-state index in [2.05, 4.69) is 5.32 Å². The van der Waals surface area contributed by atoms with E-state index in [1.165, 1.54) is 4.31 Å². The number of sulfonamides is 1. The molecule has 0 bridgehead atoms. The first-order valence-electron chi connectivity index (χ1n) is 9.03. The number of rotatable bonds is 7. The molecule has 0 spiro atoms. The van der Waals surface area contributed by atoms with Crippen molar-refractivity contribution in [3.8, 4) is 0 Å². The van der Waals surface area contributed by atoms with Gasteiger partial charge in [-0.3, -0.25) is 9.59 Å². The lowest BCUT2D eigenvalue weighted by molar-refractivity contribution is -0.132. The van der Waals surface area contributed by atoms with E-state index in [0.717, 1.165) is 18.4 Å². The molecule has 0 radical (unpaired) electrons. The van der Waals surface area contributed by atoms with Gasteiger partial charge in [-0.05, 0) is 31.4 Å². The lowest BCUT2D eigenvalue weighted by Crippen LogP contribution is -2.47. The molecule has 2 rings (SSSR count). The average Bonchev–Trinajstić information content (AvgIpc) is 2.63. The second-order valence-corrected chi connectivity index (χ2v) is 8.92. The quantitative estimate of drug-likeness (QED) is 0.679. The molecule has 0 aliphatic carbocycles. The largest absolute Gasteiger partial charge is 0.352 e. The highest BCUT2D eigenvalue weighted by molar-refractivity contribution is 7.88. The number of nitrogens with one attached hydrogen (secondary N) is 1. The van der Waals surface area contributed by atoms with Crippen molar-refractivity contribution in [3.05, 3.63) is 35.4 Å². The van der Waals surface area contributed by atoms with E-state index < -0.39 is 27.6 Å². The van der Waals surface area contributed by atoms with Crippen molar-refractivity contribution < 1.29 is 26.8 Å². The minimum atomic E-state index is -3.25. The van der Waals surface area contributed by atoms with Crippen LogP contribution in [0, 0.1) is 11.6 Å². The van der Waals surface area contributed by atoms with Gasteiger partial charge in [-0.15, -0.1) is 0 Å². The van der Waals surface area contributed by atoms with E-state index >= 15 is 0 Å². The lowest BCUT2D eigenvalue weighted by Gasteiger charge is -2.35. The SMILES string of the molecule is CN(C1CCN(C(=O)CCCNC(=O)c2ccc(F)cc2F)CC1)S(C)(=O)=O. The molecule has 1 aliphatic heterocycles. The predicted molar refractivity (Wildman–Crippen MR) is 100 cm³/mol. The summed E-state index contributed by atoms with van der Waals surface area (Å²) in [5.74, 6) is -2.42. The van der Waals surface area contributed by atoms with Crippen molar-refractivity contribution in [3.63, 3.8) is 0 Å². The van der Waals surface area contributed by atoms with Gasteiger partial charge in [-0.25, -0.2) is 21.5 Å². The number of benzene rings is 1. The van der Waals surface area contributed by atoms with Crippen molar-refractivity contribution in [1.82, 2.24) is 14.5 Å². The van der Waals surface area contributed by atoms with Crippen LogP contribution in [0.4, 0.5) is 8.78 Å². The van der Waals surface area contributed by atoms with E-state index in [-0.39, 0.29) is 30.5 Å². The molecule has 1 heterocycles. The zero-order valence-corrected chi connectivity index (χ0v) is 16.8. The Hall–Kier alpha value is -2.07. The monoisotopic (exact) mass is 417 g/mol. The Bertz CT molecular complexity index is 824. The van der Waals surface area contributed by atoms with Crippen LogP contribution in [0.5, 0.6) is 0 Å². The number of likely N-dealkylation sites (tertiary alicyclic amines) is 1. The first-order chi connectivity index (χ1) is 13.1. The Morgan fingerprint density at radius 3 is 2.46 bits per heavy atom. The van der Waals surface area contributed by atoms with Gasteiger partial charge in [-0.1, -0.05) is 0 Å². The number of amides is 2. The third-order valence-electron chi connectivity index (χ3n) is 4.88. The van der Waals surface area contributed by atoms with E-state index in [4.69, 9.17) is 0 Å². The minimum absolute atomic E-state index is 0.0670. The van der Waals surface area contributed by atoms with Crippen molar-refractivity contribution in [2.45, 2.75) is 31.7 Å². The highest BCUT2D eigenvalue weighted by Crippen LogP contribution is 2.18. The molecule has 28 heavy (non-hydrogen) atoms. The normalized spacial score (nSPS) is 15.7. The Labute approximate surface area is 163 Å². The average molecular weight is 417 g/mol. The van der Waals surface area contributed by atoms with Crippen LogP contribution in [0.3, 0.4) is 0 Å². The Balaban J connectivity index is 1.71. The second kappa shape index (κ2) is 9.42. The van der Waals surface area contributed by atoms with E-state index in [0.29, 0.717) is 38.4 Å². The summed E-state index contributed by atoms with van der Waals surface area (Å²) in [5, 5.41) is 2.51. The summed E-state index contributed by atoms with van der Waals surface area (Å²) in [6.07, 6.45) is 2.93. The summed E-state index contributed by atoms with van der Waals surface area (Å²) in [6.45, 7) is 1.15. The van der Waals surface area contributed by atoms with Gasteiger partial charge in [0.05, 0.1) is 11.8 Å². The molecule has 0 unspecified atom stereocenters. The third-order valence-corrected chi connectivity index (χ3v) is 6.23. The van der Waals surface area contributed by atoms with Crippen LogP contribution >= 0.6 is 0 Å². The van der Waals surface area contributed by atoms with Gasteiger partial charge < -0.3 is 10.2 Å². The number of hydrogen-bond acceptors (Lipinski definition) is 4. The molecule has 7 nitrogen and oxygen atoms in total. The van der Waals surface area contributed by atoms with Gasteiger partial charge in [0, 0.05) is 45.2 Å². The maximum absolute atomic E-state index is 13.5. The van der Waals surface area contributed by atoms with Crippen LogP contribution in [0.15, 0.2) is 18.2 Å². The second-order valence-electron chi connectivity index (χ2n) is 6.87. The van der Waals surface area contributed by atoms with Crippen LogP contribution in [0.2, 0.25) is 0 Å². The first-order valence-corrected chi connectivity index (χ1v) is 10.9. The van der Waals surface area contributed by atoms with Gasteiger partial charge in [-0.2, -0.15) is 0 Å². The third kappa shape index (κ3) is 5.96. The summed E-state index contributed by atoms with van der Waals surface area (Å²) in [4.78, 5) is 25.8. The maximum atomic E-state index is 13.5. The number of hydrogen-bond donors (Lipinski definition) is 1. The molecule has 0 saturated carbocycles. The predicted octanol–water partition coefficient (Wildman–Crippen LogP) is 1.36. The van der Waals surface area contributed by atoms with Gasteiger partial charge in [0.25, 0.3) is 5.91 Å².